The quantitative estimate of drug-likeness (QED) is 0.773. The molecule has 0 unspecified atom stereocenters. The molecule has 1 amide bonds. The third-order valence-electron chi connectivity index (χ3n) is 2.34. The molecule has 16 heavy (non-hydrogen) atoms. The molecule has 5 heteroatoms. The zero-order valence-corrected chi connectivity index (χ0v) is 10.7. The normalized spacial score (nSPS) is 15.4. The topological polar surface area (TPSA) is 78.5 Å². The van der Waals surface area contributed by atoms with E-state index in [0.717, 1.165) is 0 Å². The first-order valence-electron chi connectivity index (χ1n) is 5.21. The second-order valence-electron chi connectivity index (χ2n) is 5.27. The zero-order chi connectivity index (χ0) is 13.1. The van der Waals surface area contributed by atoms with E-state index >= 15 is 0 Å². The minimum absolute atomic E-state index is 0.301. The second kappa shape index (κ2) is 4.72. The Balaban J connectivity index is 4.68. The summed E-state index contributed by atoms with van der Waals surface area (Å²) in [5.41, 5.74) is -2.09. The number of hydrogen-bond acceptors (Lipinski definition) is 4. The number of aliphatic carboxylic acids is 1. The fraction of sp³-hybridized carbons (Fsp3) is 0.818. The smallest absolute Gasteiger partial charge is 0.408 e. The number of carboxylic acid groups (broad SMARTS) is 1. The maximum absolute atomic E-state index is 11.5. The van der Waals surface area contributed by atoms with Gasteiger partial charge in [-0.2, -0.15) is 0 Å². The molecule has 0 aromatic rings. The number of amides is 1. The van der Waals surface area contributed by atoms with E-state index in [-0.39, 0.29) is 5.92 Å². The van der Waals surface area contributed by atoms with Crippen molar-refractivity contribution in [3.63, 3.8) is 0 Å². The van der Waals surface area contributed by atoms with Crippen molar-refractivity contribution in [1.29, 1.82) is 0 Å². The predicted octanol–water partition coefficient (Wildman–Crippen LogP) is 0.676. The Kier molecular flexibility index (Phi) is 4.35. The van der Waals surface area contributed by atoms with Crippen molar-refractivity contribution in [1.82, 2.24) is 5.32 Å². The molecule has 0 aliphatic carbocycles. The highest BCUT2D eigenvalue weighted by Gasteiger charge is 2.33. The van der Waals surface area contributed by atoms with Crippen LogP contribution in [0.4, 0.5) is 4.79 Å². The SMILES string of the molecule is CC(C)[C@@](C)(NC(=O)OC(C)(C)C)C(=O)[O-]. The predicted molar refractivity (Wildman–Crippen MR) is 57.6 cm³/mol. The Morgan fingerprint density at radius 2 is 1.62 bits per heavy atom. The van der Waals surface area contributed by atoms with Crippen LogP contribution in [0.3, 0.4) is 0 Å². The molecule has 0 radical (unpaired) electrons. The van der Waals surface area contributed by atoms with Gasteiger partial charge in [-0.3, -0.25) is 0 Å². The lowest BCUT2D eigenvalue weighted by Gasteiger charge is -2.36. The minimum Gasteiger partial charge on any atom is -0.548 e. The van der Waals surface area contributed by atoms with E-state index in [1.807, 2.05) is 0 Å². The molecule has 0 aromatic carbocycles. The van der Waals surface area contributed by atoms with E-state index in [1.165, 1.54) is 6.92 Å². The molecule has 0 spiro atoms. The molecule has 1 N–H and O–H groups in total. The lowest BCUT2D eigenvalue weighted by Crippen LogP contribution is -2.61. The minimum atomic E-state index is -1.43. The first kappa shape index (κ1) is 14.7. The standard InChI is InChI=1S/C11H21NO4/c1-7(2)11(6,8(13)14)12-9(15)16-10(3,4)5/h7H,1-6H3,(H,12,15)(H,13,14)/p-1/t11-/m1/s1. The van der Waals surface area contributed by atoms with Crippen LogP contribution in [0.2, 0.25) is 0 Å². The summed E-state index contributed by atoms with van der Waals surface area (Å²) in [6.45, 7) is 9.90. The highest BCUT2D eigenvalue weighted by molar-refractivity contribution is 5.82. The van der Waals surface area contributed by atoms with Crippen molar-refractivity contribution in [2.24, 2.45) is 5.92 Å². The van der Waals surface area contributed by atoms with Crippen LogP contribution >= 0.6 is 0 Å². The molecular weight excluding hydrogens is 210 g/mol. The molecule has 0 aliphatic rings. The largest absolute Gasteiger partial charge is 0.548 e. The van der Waals surface area contributed by atoms with Crippen molar-refractivity contribution in [2.75, 3.05) is 0 Å². The monoisotopic (exact) mass is 230 g/mol. The van der Waals surface area contributed by atoms with Gasteiger partial charge >= 0.3 is 6.09 Å². The Morgan fingerprint density at radius 1 is 1.19 bits per heavy atom. The summed E-state index contributed by atoms with van der Waals surface area (Å²) >= 11 is 0. The van der Waals surface area contributed by atoms with Crippen molar-refractivity contribution in [3.05, 3.63) is 0 Å². The Hall–Kier alpha value is -1.26. The van der Waals surface area contributed by atoms with Crippen LogP contribution < -0.4 is 10.4 Å². The second-order valence-corrected chi connectivity index (χ2v) is 5.27. The summed E-state index contributed by atoms with van der Waals surface area (Å²) in [7, 11) is 0. The van der Waals surface area contributed by atoms with Crippen LogP contribution in [0.1, 0.15) is 41.5 Å². The summed E-state index contributed by atoms with van der Waals surface area (Å²) in [5.74, 6) is -1.63. The van der Waals surface area contributed by atoms with Crippen LogP contribution in [0.15, 0.2) is 0 Å². The van der Waals surface area contributed by atoms with Crippen LogP contribution in [0.25, 0.3) is 0 Å². The molecule has 0 saturated heterocycles. The average molecular weight is 230 g/mol. The van der Waals surface area contributed by atoms with E-state index < -0.39 is 23.2 Å². The van der Waals surface area contributed by atoms with E-state index in [4.69, 9.17) is 4.74 Å². The molecular formula is C11H20NO4-. The molecule has 0 aromatic heterocycles. The van der Waals surface area contributed by atoms with Crippen LogP contribution in [-0.4, -0.2) is 23.2 Å². The molecule has 0 bridgehead atoms. The van der Waals surface area contributed by atoms with Crippen molar-refractivity contribution in [2.45, 2.75) is 52.7 Å². The van der Waals surface area contributed by atoms with Gasteiger partial charge < -0.3 is 20.0 Å². The van der Waals surface area contributed by atoms with E-state index in [0.29, 0.717) is 0 Å². The van der Waals surface area contributed by atoms with Gasteiger partial charge in [0, 0.05) is 0 Å². The third kappa shape index (κ3) is 4.08. The van der Waals surface area contributed by atoms with Gasteiger partial charge in [-0.25, -0.2) is 4.79 Å². The van der Waals surface area contributed by atoms with Crippen LogP contribution in [0, 0.1) is 5.92 Å². The van der Waals surface area contributed by atoms with Crippen molar-refractivity contribution in [3.8, 4) is 0 Å². The summed E-state index contributed by atoms with van der Waals surface area (Å²) in [6.07, 6.45) is -0.757. The Morgan fingerprint density at radius 3 is 1.88 bits per heavy atom. The third-order valence-corrected chi connectivity index (χ3v) is 2.34. The number of nitrogens with one attached hydrogen (secondary N) is 1. The number of carbonyl (C=O) groups is 2. The summed E-state index contributed by atoms with van der Waals surface area (Å²) in [5, 5.41) is 13.3. The van der Waals surface area contributed by atoms with Gasteiger partial charge in [0.05, 0.1) is 11.5 Å². The van der Waals surface area contributed by atoms with E-state index in [1.54, 1.807) is 34.6 Å². The van der Waals surface area contributed by atoms with Gasteiger partial charge in [-0.1, -0.05) is 13.8 Å². The zero-order valence-electron chi connectivity index (χ0n) is 10.7. The molecule has 5 nitrogen and oxygen atoms in total. The molecule has 1 atom stereocenters. The first-order valence-corrected chi connectivity index (χ1v) is 5.21. The van der Waals surface area contributed by atoms with E-state index in [2.05, 4.69) is 5.32 Å². The molecule has 0 aliphatic heterocycles. The number of ether oxygens (including phenoxy) is 1. The molecule has 0 heterocycles. The molecule has 0 fully saturated rings. The van der Waals surface area contributed by atoms with Crippen molar-refractivity contribution < 1.29 is 19.4 Å². The van der Waals surface area contributed by atoms with Gasteiger partial charge in [0.1, 0.15) is 5.60 Å². The highest BCUT2D eigenvalue weighted by Crippen LogP contribution is 2.17. The summed E-state index contributed by atoms with van der Waals surface area (Å²) < 4.78 is 4.99. The number of alkyl carbamates (subject to hydrolysis) is 1. The van der Waals surface area contributed by atoms with Gasteiger partial charge in [-0.05, 0) is 33.6 Å². The maximum Gasteiger partial charge on any atom is 0.408 e. The lowest BCUT2D eigenvalue weighted by molar-refractivity contribution is -0.315. The number of rotatable bonds is 3. The number of carbonyl (C=O) groups excluding carboxylic acids is 2. The summed E-state index contributed by atoms with van der Waals surface area (Å²) in [6, 6.07) is 0. The number of hydrogen-bond donors (Lipinski definition) is 1. The van der Waals surface area contributed by atoms with E-state index in [9.17, 15) is 14.7 Å². The van der Waals surface area contributed by atoms with Gasteiger partial charge in [-0.15, -0.1) is 0 Å². The Bertz CT molecular complexity index is 280. The fourth-order valence-electron chi connectivity index (χ4n) is 0.947. The van der Waals surface area contributed by atoms with Crippen LogP contribution in [-0.2, 0) is 9.53 Å². The Labute approximate surface area is 96.2 Å². The lowest BCUT2D eigenvalue weighted by atomic mass is 9.89. The van der Waals surface area contributed by atoms with Crippen LogP contribution in [0.5, 0.6) is 0 Å². The average Bonchev–Trinajstić information content (AvgIpc) is 1.98. The summed E-state index contributed by atoms with van der Waals surface area (Å²) in [4.78, 5) is 22.4. The van der Waals surface area contributed by atoms with Gasteiger partial charge in [0.25, 0.3) is 0 Å². The highest BCUT2D eigenvalue weighted by atomic mass is 16.6. The van der Waals surface area contributed by atoms with Crippen molar-refractivity contribution >= 4 is 12.1 Å². The number of carboxylic acids is 1. The first-order chi connectivity index (χ1) is 6.99. The molecule has 0 rings (SSSR count). The fourth-order valence-corrected chi connectivity index (χ4v) is 0.947. The molecule has 0 saturated carbocycles. The van der Waals surface area contributed by atoms with Gasteiger partial charge in [0.15, 0.2) is 0 Å². The van der Waals surface area contributed by atoms with Gasteiger partial charge in [0.2, 0.25) is 0 Å². The molecule has 94 valence electrons. The maximum atomic E-state index is 11.5.